The van der Waals surface area contributed by atoms with Crippen LogP contribution in [0.5, 0.6) is 0 Å². The Bertz CT molecular complexity index is 1440. The van der Waals surface area contributed by atoms with Gasteiger partial charge in [-0.3, -0.25) is 20.0 Å². The van der Waals surface area contributed by atoms with Gasteiger partial charge in [0, 0.05) is 17.7 Å². The van der Waals surface area contributed by atoms with Crippen molar-refractivity contribution in [3.8, 4) is 0 Å². The Labute approximate surface area is 264 Å². The van der Waals surface area contributed by atoms with Gasteiger partial charge < -0.3 is 14.9 Å². The van der Waals surface area contributed by atoms with Crippen LogP contribution in [0, 0.1) is 10.1 Å². The first kappa shape index (κ1) is 36.2. The third kappa shape index (κ3) is 7.93. The zero-order valence-corrected chi connectivity index (χ0v) is 28.5. The van der Waals surface area contributed by atoms with Gasteiger partial charge in [0.05, 0.1) is 22.8 Å². The summed E-state index contributed by atoms with van der Waals surface area (Å²) >= 11 is 2.19. The van der Waals surface area contributed by atoms with Crippen LogP contribution < -0.4 is 0 Å². The van der Waals surface area contributed by atoms with Crippen LogP contribution in [0.4, 0.5) is 20.1 Å². The first-order chi connectivity index (χ1) is 19.4. The molecule has 0 radical (unpaired) electrons. The second kappa shape index (κ2) is 12.5. The molecule has 0 aliphatic carbocycles. The maximum atomic E-state index is 13.8. The number of halogens is 1. The number of amides is 3. The molecule has 1 aromatic carbocycles. The van der Waals surface area contributed by atoms with Gasteiger partial charge in [-0.1, -0.05) is 28.7 Å². The first-order valence-corrected chi connectivity index (χ1v) is 16.5. The Kier molecular flexibility index (Phi) is 10.5. The number of ether oxygens (including phenoxy) is 1. The van der Waals surface area contributed by atoms with E-state index in [-0.39, 0.29) is 11.5 Å². The van der Waals surface area contributed by atoms with Crippen molar-refractivity contribution in [2.75, 3.05) is 16.7 Å². The number of nitro benzene ring substituents is 1. The molecule has 0 saturated carbocycles. The topological polar surface area (TPSA) is 197 Å². The average molecular weight is 739 g/mol. The molecule has 240 valence electrons. The molecule has 2 rings (SSSR count). The summed E-state index contributed by atoms with van der Waals surface area (Å²) in [5.74, 6) is -0.907. The van der Waals surface area contributed by atoms with Gasteiger partial charge in [0.1, 0.15) is 16.2 Å². The van der Waals surface area contributed by atoms with Crippen LogP contribution in [0.2, 0.25) is 0 Å². The Balaban J connectivity index is 2.73. The van der Waals surface area contributed by atoms with E-state index in [9.17, 15) is 43.1 Å². The molecule has 0 aromatic heterocycles. The maximum Gasteiger partial charge on any atom is 0.420 e. The molecule has 1 atom stereocenters. The Morgan fingerprint density at radius 3 is 2.16 bits per heavy atom. The summed E-state index contributed by atoms with van der Waals surface area (Å²) in [7, 11) is -4.14. The van der Waals surface area contributed by atoms with E-state index in [1.54, 1.807) is 6.07 Å². The second-order valence-electron chi connectivity index (χ2n) is 12.7. The van der Waals surface area contributed by atoms with E-state index in [1.165, 1.54) is 67.5 Å². The summed E-state index contributed by atoms with van der Waals surface area (Å²) < 4.78 is 32.0. The summed E-state index contributed by atoms with van der Waals surface area (Å²) in [4.78, 5) is 54.2. The molecule has 1 aromatic rings. The molecule has 3 amide bonds. The lowest BCUT2D eigenvalue weighted by molar-refractivity contribution is -0.385. The van der Waals surface area contributed by atoms with E-state index in [1.807, 2.05) is 0 Å². The zero-order valence-electron chi connectivity index (χ0n) is 25.5. The smallest absolute Gasteiger partial charge is 0.420 e. The summed E-state index contributed by atoms with van der Waals surface area (Å²) in [5, 5.41) is 31.5. The van der Waals surface area contributed by atoms with Crippen LogP contribution in [0.25, 0.3) is 0 Å². The minimum atomic E-state index is -4.14. The third-order valence-electron chi connectivity index (χ3n) is 7.04. The molecule has 1 aliphatic rings. The minimum absolute atomic E-state index is 0.265. The van der Waals surface area contributed by atoms with Gasteiger partial charge in [-0.2, -0.15) is 0 Å². The molecule has 1 aliphatic heterocycles. The number of hydrogen-bond acceptors (Lipinski definition) is 9. The highest BCUT2D eigenvalue weighted by Crippen LogP contribution is 2.41. The van der Waals surface area contributed by atoms with E-state index >= 15 is 0 Å². The number of amidine groups is 1. The Hall–Kier alpha value is -3.02. The predicted molar refractivity (Wildman–Crippen MR) is 168 cm³/mol. The third-order valence-corrected chi connectivity index (χ3v) is 10.5. The summed E-state index contributed by atoms with van der Waals surface area (Å²) in [6.07, 6.45) is -3.21. The summed E-state index contributed by atoms with van der Waals surface area (Å²) in [6.45, 7) is 10.7. The largest absolute Gasteiger partial charge is 0.465 e. The number of nitrogens with zero attached hydrogens (tertiary/aromatic N) is 4. The fraction of sp³-hybridized carbons (Fsp3) is 0.630. The first-order valence-electron chi connectivity index (χ1n) is 13.3. The number of aliphatic imine (C=N–C) groups is 1. The van der Waals surface area contributed by atoms with E-state index in [2.05, 4.69) is 22.6 Å². The molecular formula is C27H39IN4O10S. The van der Waals surface area contributed by atoms with Crippen molar-refractivity contribution >= 4 is 62.2 Å². The van der Waals surface area contributed by atoms with Crippen LogP contribution in [-0.4, -0.2) is 90.1 Å². The minimum Gasteiger partial charge on any atom is -0.465 e. The van der Waals surface area contributed by atoms with Crippen molar-refractivity contribution < 1.29 is 42.7 Å². The molecule has 0 fully saturated rings. The fourth-order valence-electron chi connectivity index (χ4n) is 4.84. The number of sulfone groups is 1. The van der Waals surface area contributed by atoms with Crippen molar-refractivity contribution in [1.29, 1.82) is 0 Å². The van der Waals surface area contributed by atoms with Crippen molar-refractivity contribution in [2.45, 2.75) is 89.7 Å². The van der Waals surface area contributed by atoms with E-state index in [0.717, 1.165) is 4.43 Å². The molecule has 0 bridgehead atoms. The van der Waals surface area contributed by atoms with Crippen molar-refractivity contribution in [1.82, 2.24) is 9.80 Å². The number of imide groups is 1. The highest BCUT2D eigenvalue weighted by atomic mass is 127. The number of alkyl halides is 1. The quantitative estimate of drug-likeness (QED) is 0.150. The second-order valence-corrected chi connectivity index (χ2v) is 16.3. The van der Waals surface area contributed by atoms with Gasteiger partial charge in [-0.05, 0) is 83.8 Å². The molecule has 0 spiro atoms. The number of non-ortho nitro benzene ring substituents is 1. The predicted octanol–water partition coefficient (Wildman–Crippen LogP) is 5.46. The van der Waals surface area contributed by atoms with Crippen molar-refractivity contribution in [2.24, 2.45) is 4.99 Å². The van der Waals surface area contributed by atoms with Crippen LogP contribution in [0.3, 0.4) is 0 Å². The van der Waals surface area contributed by atoms with Crippen LogP contribution in [0.1, 0.15) is 72.9 Å². The van der Waals surface area contributed by atoms with Gasteiger partial charge >= 0.3 is 18.3 Å². The normalized spacial score (nSPS) is 19.6. The average Bonchev–Trinajstić information content (AvgIpc) is 2.81. The number of benzene rings is 1. The van der Waals surface area contributed by atoms with Crippen LogP contribution >= 0.6 is 22.6 Å². The molecule has 2 N–H and O–H groups in total. The molecule has 0 saturated heterocycles. The number of carboxylic acid groups (broad SMARTS) is 2. The van der Waals surface area contributed by atoms with Crippen molar-refractivity contribution in [3.63, 3.8) is 0 Å². The maximum absolute atomic E-state index is 13.8. The monoisotopic (exact) mass is 738 g/mol. The number of aryl methyl sites for hydroxylation is 1. The summed E-state index contributed by atoms with van der Waals surface area (Å²) in [6, 6.07) is 4.18. The van der Waals surface area contributed by atoms with Crippen LogP contribution in [-0.2, 0) is 26.5 Å². The lowest BCUT2D eigenvalue weighted by Gasteiger charge is -2.44. The molecule has 14 nitrogen and oxygen atoms in total. The lowest BCUT2D eigenvalue weighted by atomic mass is 9.87. The Morgan fingerprint density at radius 2 is 1.70 bits per heavy atom. The van der Waals surface area contributed by atoms with Gasteiger partial charge in [-0.25, -0.2) is 27.7 Å². The van der Waals surface area contributed by atoms with E-state index < -0.39 is 66.8 Å². The Morgan fingerprint density at radius 1 is 1.12 bits per heavy atom. The SMILES string of the molecule is CC(C)(CN(C(=O)O)C1=N[C@](C)(c2cc([N+](=O)[O-])ccc2CCCI)CS(=O)(=O)C1(C)C)OC(=O)N(C(=O)O)C(C)(C)C. The molecule has 1 heterocycles. The molecule has 16 heteroatoms. The van der Waals surface area contributed by atoms with Gasteiger partial charge in [-0.15, -0.1) is 0 Å². The summed E-state index contributed by atoms with van der Waals surface area (Å²) in [5.41, 5.74) is -3.75. The van der Waals surface area contributed by atoms with Gasteiger partial charge in [0.2, 0.25) is 0 Å². The standard InChI is InChI=1S/C27H39IN4O10S/c1-24(2,3)31(22(35)36)23(37)42-25(4,5)15-30(21(33)34)20-26(6,7)43(40,41)16-27(8,29-20)19-14-18(32(38)39)12-11-17(19)10-9-13-28/h11-12,14H,9-10,13,15-16H2,1-8H3,(H,33,34)(H,35,36)/t27-/m0/s1. The molecule has 0 unspecified atom stereocenters. The fourth-order valence-corrected chi connectivity index (χ4v) is 6.97. The van der Waals surface area contributed by atoms with Gasteiger partial charge in [0.25, 0.3) is 5.69 Å². The van der Waals surface area contributed by atoms with Gasteiger partial charge in [0.15, 0.2) is 9.84 Å². The highest BCUT2D eigenvalue weighted by molar-refractivity contribution is 14.1. The van der Waals surface area contributed by atoms with Crippen molar-refractivity contribution in [3.05, 3.63) is 39.4 Å². The number of hydrogen-bond donors (Lipinski definition) is 2. The number of nitro groups is 1. The number of rotatable bonds is 8. The molecule has 43 heavy (non-hydrogen) atoms. The zero-order chi connectivity index (χ0) is 33.3. The lowest BCUT2D eigenvalue weighted by Crippen LogP contribution is -2.61. The van der Waals surface area contributed by atoms with E-state index in [0.29, 0.717) is 33.8 Å². The van der Waals surface area contributed by atoms with E-state index in [4.69, 9.17) is 9.73 Å². The molecular weight excluding hydrogens is 699 g/mol. The van der Waals surface area contributed by atoms with Crippen LogP contribution in [0.15, 0.2) is 23.2 Å². The number of carbonyl (C=O) groups is 3. The highest BCUT2D eigenvalue weighted by Gasteiger charge is 2.53. The number of carbonyl (C=O) groups excluding carboxylic acids is 1.